The van der Waals surface area contributed by atoms with E-state index in [9.17, 15) is 0 Å². The SMILES string of the molecule is C=C[Si]1O[Si]2O[Si](C=C)O[Si](C=C)(O1)O[Si]1O[Si](C=C)O[Si](C=C)(O[Si](C=C)O1)O2. The Bertz CT molecular complexity index is 612. The zero-order chi connectivity index (χ0) is 21.8. The largest absolute Gasteiger partial charge is 0.551 e. The first-order chi connectivity index (χ1) is 14.4. The van der Waals surface area contributed by atoms with Crippen LogP contribution in [0.5, 0.6) is 0 Å². The minimum atomic E-state index is -3.60. The average Bonchev–Trinajstić information content (AvgIpc) is 2.72. The molecule has 18 heteroatoms. The van der Waals surface area contributed by atoms with Crippen molar-refractivity contribution in [2.24, 2.45) is 0 Å². The lowest BCUT2D eigenvalue weighted by atomic mass is 11.3. The summed E-state index contributed by atoms with van der Waals surface area (Å²) in [6, 6.07) is 0. The highest BCUT2D eigenvalue weighted by molar-refractivity contribution is 6.90. The summed E-state index contributed by atoms with van der Waals surface area (Å²) in [4.78, 5) is 0. The molecule has 0 aliphatic carbocycles. The molecular formula is C12H18O10Si8. The van der Waals surface area contributed by atoms with Gasteiger partial charge in [0, 0.05) is 0 Å². The topological polar surface area (TPSA) is 92.3 Å². The molecule has 0 saturated carbocycles. The van der Waals surface area contributed by atoms with Crippen LogP contribution in [-0.4, -0.2) is 73.8 Å². The van der Waals surface area contributed by atoms with Gasteiger partial charge in [0.15, 0.2) is 0 Å². The summed E-state index contributed by atoms with van der Waals surface area (Å²) in [5, 5.41) is 0. The van der Waals surface area contributed by atoms with Crippen molar-refractivity contribution in [2.45, 2.75) is 0 Å². The summed E-state index contributed by atoms with van der Waals surface area (Å²) in [6.45, 7) is 22.7. The molecule has 0 atom stereocenters. The van der Waals surface area contributed by atoms with Crippen molar-refractivity contribution in [3.63, 3.8) is 0 Å². The molecular weight excluding hydrogens is 529 g/mol. The van der Waals surface area contributed by atoms with E-state index in [1.165, 1.54) is 34.2 Å². The molecule has 6 heterocycles. The quantitative estimate of drug-likeness (QED) is 0.434. The van der Waals surface area contributed by atoms with Crippen molar-refractivity contribution < 1.29 is 41.2 Å². The maximum atomic E-state index is 6.17. The van der Waals surface area contributed by atoms with Crippen LogP contribution in [0.4, 0.5) is 0 Å². The normalized spacial score (nSPS) is 33.6. The molecule has 6 aliphatic rings. The smallest absolute Gasteiger partial charge is 0.388 e. The van der Waals surface area contributed by atoms with E-state index in [-0.39, 0.29) is 0 Å². The van der Waals surface area contributed by atoms with Crippen LogP contribution in [-0.2, 0) is 41.2 Å². The Balaban J connectivity index is 2.13. The number of hydrogen-bond acceptors (Lipinski definition) is 10. The van der Waals surface area contributed by atoms with Crippen LogP contribution in [0.15, 0.2) is 73.7 Å². The fourth-order valence-electron chi connectivity index (χ4n) is 2.04. The van der Waals surface area contributed by atoms with Gasteiger partial charge in [-0.05, 0) is 34.2 Å². The maximum Gasteiger partial charge on any atom is 0.551 e. The third kappa shape index (κ3) is 5.57. The first kappa shape index (κ1) is 24.4. The average molecular weight is 547 g/mol. The highest BCUT2D eigenvalue weighted by Gasteiger charge is 2.58. The van der Waals surface area contributed by atoms with Gasteiger partial charge in [0.05, 0.1) is 0 Å². The second kappa shape index (κ2) is 10.6. The summed E-state index contributed by atoms with van der Waals surface area (Å²) in [5.41, 5.74) is 9.01. The van der Waals surface area contributed by atoms with Gasteiger partial charge in [-0.15, -0.1) is 39.5 Å². The van der Waals surface area contributed by atoms with Crippen LogP contribution in [0.3, 0.4) is 0 Å². The van der Waals surface area contributed by atoms with Crippen LogP contribution >= 0.6 is 0 Å². The highest BCUT2D eigenvalue weighted by atomic mass is 28.6. The summed E-state index contributed by atoms with van der Waals surface area (Å²) < 4.78 is 60.9. The Labute approximate surface area is 188 Å². The fourth-order valence-corrected chi connectivity index (χ4v) is 24.3. The molecule has 6 radical (unpaired) electrons. The van der Waals surface area contributed by atoms with Gasteiger partial charge in [-0.2, -0.15) is 0 Å². The van der Waals surface area contributed by atoms with Gasteiger partial charge in [-0.25, -0.2) is 0 Å². The standard InChI is InChI=1S/C12H18O10Si8/c1-7-23-13-27-14-24(8-2)18-29(11-5,17-23)22-28-15-25(9-3)19-30(12-6,21-27)20-26(10-4)16-28/h7-12H,1-6H2. The van der Waals surface area contributed by atoms with Crippen LogP contribution in [0.2, 0.25) is 0 Å². The minimum absolute atomic E-state index is 1.46. The molecule has 0 N–H and O–H groups in total. The Morgan fingerprint density at radius 2 is 0.700 bits per heavy atom. The summed E-state index contributed by atoms with van der Waals surface area (Å²) in [6.07, 6.45) is 0. The van der Waals surface area contributed by atoms with Crippen molar-refractivity contribution in [2.75, 3.05) is 0 Å². The van der Waals surface area contributed by atoms with Crippen LogP contribution in [0.25, 0.3) is 0 Å². The van der Waals surface area contributed by atoms with Crippen molar-refractivity contribution in [1.82, 2.24) is 0 Å². The Morgan fingerprint density at radius 3 is 0.900 bits per heavy atom. The zero-order valence-corrected chi connectivity index (χ0v) is 23.8. The molecule has 6 fully saturated rings. The number of rotatable bonds is 6. The fraction of sp³-hybridized carbons (Fsp3) is 0. The lowest BCUT2D eigenvalue weighted by molar-refractivity contribution is 0.126. The maximum absolute atomic E-state index is 6.17. The Morgan fingerprint density at radius 1 is 0.433 bits per heavy atom. The Kier molecular flexibility index (Phi) is 8.62. The van der Waals surface area contributed by atoms with Gasteiger partial charge < -0.3 is 41.2 Å². The van der Waals surface area contributed by atoms with Crippen molar-refractivity contribution in [3.8, 4) is 0 Å². The van der Waals surface area contributed by atoms with E-state index in [0.29, 0.717) is 0 Å². The predicted molar refractivity (Wildman–Crippen MR) is 118 cm³/mol. The lowest BCUT2D eigenvalue weighted by Crippen LogP contribution is -2.66. The first-order valence-corrected chi connectivity index (χ1v) is 19.9. The molecule has 0 aromatic heterocycles. The van der Waals surface area contributed by atoms with E-state index < -0.39 is 73.8 Å². The molecule has 6 rings (SSSR count). The van der Waals surface area contributed by atoms with E-state index in [1.807, 2.05) is 0 Å². The summed E-state index contributed by atoms with van der Waals surface area (Å²) in [5.74, 6) is 0. The molecule has 4 bridgehead atoms. The molecule has 0 unspecified atom stereocenters. The molecule has 6 saturated heterocycles. The van der Waals surface area contributed by atoms with E-state index in [0.717, 1.165) is 0 Å². The van der Waals surface area contributed by atoms with E-state index >= 15 is 0 Å². The van der Waals surface area contributed by atoms with Gasteiger partial charge in [0.25, 0.3) is 0 Å². The van der Waals surface area contributed by atoms with E-state index in [2.05, 4.69) is 39.5 Å². The van der Waals surface area contributed by atoms with Crippen LogP contribution < -0.4 is 0 Å². The summed E-state index contributed by atoms with van der Waals surface area (Å²) >= 11 is 0. The van der Waals surface area contributed by atoms with Gasteiger partial charge in [-0.3, -0.25) is 0 Å². The molecule has 0 amide bonds. The number of hydrogen-bond donors (Lipinski definition) is 0. The highest BCUT2D eigenvalue weighted by Crippen LogP contribution is 2.28. The first-order valence-electron chi connectivity index (χ1n) is 8.26. The van der Waals surface area contributed by atoms with Gasteiger partial charge in [0.1, 0.15) is 0 Å². The Hall–Kier alpha value is -0.225. The third-order valence-corrected chi connectivity index (χ3v) is 22.9. The molecule has 0 aromatic rings. The molecule has 158 valence electrons. The lowest BCUT2D eigenvalue weighted by Gasteiger charge is -2.41. The molecule has 0 aromatic carbocycles. The van der Waals surface area contributed by atoms with E-state index in [4.69, 9.17) is 41.2 Å². The van der Waals surface area contributed by atoms with Gasteiger partial charge in [0.2, 0.25) is 0 Å². The van der Waals surface area contributed by atoms with Gasteiger partial charge in [-0.1, -0.05) is 0 Å². The van der Waals surface area contributed by atoms with Crippen molar-refractivity contribution >= 4 is 73.8 Å². The second-order valence-corrected chi connectivity index (χ2v) is 21.8. The monoisotopic (exact) mass is 546 g/mol. The molecule has 6 aliphatic heterocycles. The van der Waals surface area contributed by atoms with Crippen molar-refractivity contribution in [1.29, 1.82) is 0 Å². The second-order valence-electron chi connectivity index (χ2n) is 5.23. The molecule has 10 nitrogen and oxygen atoms in total. The third-order valence-electron chi connectivity index (χ3n) is 3.32. The van der Waals surface area contributed by atoms with Crippen molar-refractivity contribution in [3.05, 3.63) is 73.7 Å². The minimum Gasteiger partial charge on any atom is -0.388 e. The van der Waals surface area contributed by atoms with E-state index in [1.54, 1.807) is 0 Å². The van der Waals surface area contributed by atoms with Crippen LogP contribution in [0, 0.1) is 0 Å². The summed E-state index contributed by atoms with van der Waals surface area (Å²) in [7, 11) is -20.7. The molecule has 30 heavy (non-hydrogen) atoms. The van der Waals surface area contributed by atoms with Crippen LogP contribution in [0.1, 0.15) is 0 Å². The predicted octanol–water partition coefficient (Wildman–Crippen LogP) is 0.345. The molecule has 0 spiro atoms. The zero-order valence-electron chi connectivity index (χ0n) is 15.8. The van der Waals surface area contributed by atoms with Gasteiger partial charge >= 0.3 is 73.8 Å².